The zero-order valence-electron chi connectivity index (χ0n) is 16.7. The van der Waals surface area contributed by atoms with E-state index in [1.165, 1.54) is 11.1 Å². The molecular formula is C24H26N4O2. The minimum absolute atomic E-state index is 0.0757. The molecule has 30 heavy (non-hydrogen) atoms. The molecule has 0 saturated heterocycles. The van der Waals surface area contributed by atoms with Gasteiger partial charge >= 0.3 is 0 Å². The molecule has 6 heteroatoms. The van der Waals surface area contributed by atoms with Crippen molar-refractivity contribution in [1.82, 2.24) is 20.8 Å². The van der Waals surface area contributed by atoms with E-state index in [4.69, 9.17) is 0 Å². The van der Waals surface area contributed by atoms with Crippen LogP contribution in [0.15, 0.2) is 60.7 Å². The Bertz CT molecular complexity index is 941. The summed E-state index contributed by atoms with van der Waals surface area (Å²) < 4.78 is 0. The Labute approximate surface area is 176 Å². The van der Waals surface area contributed by atoms with Crippen molar-refractivity contribution in [2.24, 2.45) is 0 Å². The van der Waals surface area contributed by atoms with E-state index in [0.29, 0.717) is 25.9 Å². The third-order valence-corrected chi connectivity index (χ3v) is 6.19. The van der Waals surface area contributed by atoms with Crippen LogP contribution in [-0.4, -0.2) is 32.6 Å². The van der Waals surface area contributed by atoms with E-state index in [2.05, 4.69) is 45.1 Å². The predicted molar refractivity (Wildman–Crippen MR) is 113 cm³/mol. The lowest BCUT2D eigenvalue weighted by Crippen LogP contribution is -2.29. The van der Waals surface area contributed by atoms with Gasteiger partial charge in [-0.3, -0.25) is 0 Å². The van der Waals surface area contributed by atoms with Crippen molar-refractivity contribution in [3.05, 3.63) is 94.3 Å². The minimum atomic E-state index is -0.417. The summed E-state index contributed by atoms with van der Waals surface area (Å²) in [6.45, 7) is 1.09. The maximum atomic E-state index is 10.4. The monoisotopic (exact) mass is 402 g/mol. The average molecular weight is 402 g/mol. The van der Waals surface area contributed by atoms with Crippen LogP contribution >= 0.6 is 0 Å². The molecule has 1 aromatic heterocycles. The predicted octanol–water partition coefficient (Wildman–Crippen LogP) is 1.97. The molecule has 2 aromatic carbocycles. The lowest BCUT2D eigenvalue weighted by atomic mass is 10.1. The number of nitrogens with zero attached hydrogens (tertiary/aromatic N) is 2. The smallest absolute Gasteiger partial charge is 0.0775 e. The largest absolute Gasteiger partial charge is 0.391 e. The molecule has 4 atom stereocenters. The molecule has 0 unspecified atom stereocenters. The molecule has 5 rings (SSSR count). The summed E-state index contributed by atoms with van der Waals surface area (Å²) in [4.78, 5) is 0. The molecule has 0 spiro atoms. The molecule has 6 nitrogen and oxygen atoms in total. The van der Waals surface area contributed by atoms with Gasteiger partial charge in [0, 0.05) is 25.9 Å². The second-order valence-corrected chi connectivity index (χ2v) is 8.17. The average Bonchev–Trinajstić information content (AvgIpc) is 3.26. The van der Waals surface area contributed by atoms with Crippen molar-refractivity contribution in [3.63, 3.8) is 0 Å². The van der Waals surface area contributed by atoms with Crippen LogP contribution in [0.3, 0.4) is 0 Å². The van der Waals surface area contributed by atoms with E-state index in [9.17, 15) is 10.2 Å². The molecule has 1 heterocycles. The molecule has 0 bridgehead atoms. The number of aliphatic hydroxyl groups is 2. The van der Waals surface area contributed by atoms with Crippen molar-refractivity contribution in [2.45, 2.75) is 50.2 Å². The first-order valence-corrected chi connectivity index (χ1v) is 10.5. The molecule has 0 radical (unpaired) electrons. The normalized spacial score (nSPS) is 24.6. The van der Waals surface area contributed by atoms with Crippen molar-refractivity contribution >= 4 is 0 Å². The second-order valence-electron chi connectivity index (χ2n) is 8.17. The summed E-state index contributed by atoms with van der Waals surface area (Å²) in [6.07, 6.45) is 0.527. The number of fused-ring (bicyclic) bond motifs is 2. The molecule has 0 aliphatic heterocycles. The Morgan fingerprint density at radius 3 is 1.53 bits per heavy atom. The van der Waals surface area contributed by atoms with Crippen LogP contribution in [0.5, 0.6) is 0 Å². The quantitative estimate of drug-likeness (QED) is 0.504. The maximum Gasteiger partial charge on any atom is 0.0775 e. The molecule has 0 fully saturated rings. The minimum Gasteiger partial charge on any atom is -0.391 e. The highest BCUT2D eigenvalue weighted by atomic mass is 16.3. The lowest BCUT2D eigenvalue weighted by molar-refractivity contribution is 0.140. The van der Waals surface area contributed by atoms with Gasteiger partial charge in [-0.2, -0.15) is 10.2 Å². The van der Waals surface area contributed by atoms with Gasteiger partial charge in [0.15, 0.2) is 0 Å². The van der Waals surface area contributed by atoms with E-state index in [1.54, 1.807) is 0 Å². The SMILES string of the molecule is O[C@H]1Cc2ccccc2[C@H]1NCc1ccc(CN[C@@H]2c3ccccc3C[C@@H]2O)nn1. The Morgan fingerprint density at radius 2 is 1.10 bits per heavy atom. The molecular weight excluding hydrogens is 376 g/mol. The fourth-order valence-corrected chi connectivity index (χ4v) is 4.64. The topological polar surface area (TPSA) is 90.3 Å². The Morgan fingerprint density at radius 1 is 0.667 bits per heavy atom. The third kappa shape index (κ3) is 3.75. The van der Waals surface area contributed by atoms with Crippen LogP contribution in [0.1, 0.15) is 45.7 Å². The zero-order chi connectivity index (χ0) is 20.5. The Balaban J connectivity index is 1.18. The van der Waals surface area contributed by atoms with Gasteiger partial charge in [0.2, 0.25) is 0 Å². The summed E-state index contributed by atoms with van der Waals surface area (Å²) in [5.74, 6) is 0. The van der Waals surface area contributed by atoms with Gasteiger partial charge in [-0.25, -0.2) is 0 Å². The van der Waals surface area contributed by atoms with Gasteiger partial charge in [-0.1, -0.05) is 48.5 Å². The summed E-state index contributed by atoms with van der Waals surface area (Å²) in [5, 5.41) is 36.2. The number of rotatable bonds is 6. The van der Waals surface area contributed by atoms with Crippen molar-refractivity contribution in [1.29, 1.82) is 0 Å². The summed E-state index contributed by atoms with van der Waals surface area (Å²) in [6, 6.07) is 20.1. The molecule has 3 aromatic rings. The van der Waals surface area contributed by atoms with Gasteiger partial charge < -0.3 is 20.8 Å². The number of nitrogens with one attached hydrogen (secondary N) is 2. The summed E-state index contributed by atoms with van der Waals surface area (Å²) in [5.41, 5.74) is 6.39. The first-order chi connectivity index (χ1) is 14.7. The van der Waals surface area contributed by atoms with Crippen LogP contribution in [-0.2, 0) is 25.9 Å². The van der Waals surface area contributed by atoms with Crippen molar-refractivity contribution in [3.8, 4) is 0 Å². The van der Waals surface area contributed by atoms with Crippen LogP contribution < -0.4 is 10.6 Å². The fraction of sp³-hybridized carbons (Fsp3) is 0.333. The van der Waals surface area contributed by atoms with Crippen LogP contribution in [0.2, 0.25) is 0 Å². The van der Waals surface area contributed by atoms with E-state index in [0.717, 1.165) is 22.5 Å². The highest BCUT2D eigenvalue weighted by molar-refractivity contribution is 5.37. The number of aliphatic hydroxyl groups excluding tert-OH is 2. The molecule has 0 saturated carbocycles. The van der Waals surface area contributed by atoms with E-state index >= 15 is 0 Å². The molecule has 154 valence electrons. The Kier molecular flexibility index (Phi) is 5.31. The molecule has 0 amide bonds. The van der Waals surface area contributed by atoms with Gasteiger partial charge in [0.05, 0.1) is 35.7 Å². The Hall–Kier alpha value is -2.64. The number of hydrogen-bond donors (Lipinski definition) is 4. The van der Waals surface area contributed by atoms with Crippen LogP contribution in [0.4, 0.5) is 0 Å². The van der Waals surface area contributed by atoms with Crippen molar-refractivity contribution in [2.75, 3.05) is 0 Å². The van der Waals surface area contributed by atoms with Crippen LogP contribution in [0, 0.1) is 0 Å². The van der Waals surface area contributed by atoms with Crippen LogP contribution in [0.25, 0.3) is 0 Å². The highest BCUT2D eigenvalue weighted by Crippen LogP contribution is 2.32. The first kappa shape index (κ1) is 19.3. The van der Waals surface area contributed by atoms with Gasteiger partial charge in [0.25, 0.3) is 0 Å². The molecule has 4 N–H and O–H groups in total. The molecule has 2 aliphatic rings. The summed E-state index contributed by atoms with van der Waals surface area (Å²) in [7, 11) is 0. The van der Waals surface area contributed by atoms with Gasteiger partial charge in [-0.15, -0.1) is 0 Å². The van der Waals surface area contributed by atoms with E-state index in [1.807, 2.05) is 36.4 Å². The standard InChI is InChI=1S/C24H26N4O2/c29-21-11-15-5-1-3-7-19(15)23(21)25-13-17-9-10-18(28-27-17)14-26-24-20-8-4-2-6-16(20)12-22(24)30/h1-10,21-26,29-30H,11-14H2/t21-,22-,23+,24+/m0/s1. The first-order valence-electron chi connectivity index (χ1n) is 10.5. The van der Waals surface area contributed by atoms with Gasteiger partial charge in [-0.05, 0) is 34.4 Å². The zero-order valence-corrected chi connectivity index (χ0v) is 16.7. The van der Waals surface area contributed by atoms with E-state index in [-0.39, 0.29) is 12.1 Å². The number of hydrogen-bond acceptors (Lipinski definition) is 6. The number of aromatic nitrogens is 2. The highest BCUT2D eigenvalue weighted by Gasteiger charge is 2.31. The van der Waals surface area contributed by atoms with E-state index < -0.39 is 12.2 Å². The summed E-state index contributed by atoms with van der Waals surface area (Å²) >= 11 is 0. The van der Waals surface area contributed by atoms with Crippen molar-refractivity contribution < 1.29 is 10.2 Å². The number of benzene rings is 2. The van der Waals surface area contributed by atoms with Gasteiger partial charge in [0.1, 0.15) is 0 Å². The maximum absolute atomic E-state index is 10.4. The molecule has 2 aliphatic carbocycles. The second kappa shape index (κ2) is 8.24. The third-order valence-electron chi connectivity index (χ3n) is 6.19. The lowest BCUT2D eigenvalue weighted by Gasteiger charge is -2.18. The fourth-order valence-electron chi connectivity index (χ4n) is 4.64.